The van der Waals surface area contributed by atoms with Crippen molar-refractivity contribution in [3.05, 3.63) is 23.4 Å². The molecule has 130 valence electrons. The van der Waals surface area contributed by atoms with E-state index in [1.165, 1.54) is 0 Å². The molecule has 0 saturated heterocycles. The van der Waals surface area contributed by atoms with Crippen molar-refractivity contribution in [2.75, 3.05) is 5.06 Å². The van der Waals surface area contributed by atoms with Crippen LogP contribution in [0.3, 0.4) is 0 Å². The summed E-state index contributed by atoms with van der Waals surface area (Å²) in [5, 5.41) is 19.0. The second-order valence-corrected chi connectivity index (χ2v) is 6.99. The molecule has 0 aliphatic heterocycles. The molecule has 1 rings (SSSR count). The van der Waals surface area contributed by atoms with Crippen molar-refractivity contribution < 1.29 is 24.3 Å². The van der Waals surface area contributed by atoms with Gasteiger partial charge in [-0.3, -0.25) is 4.84 Å². The van der Waals surface area contributed by atoms with Crippen LogP contribution in [0, 0.1) is 11.3 Å². The normalized spacial score (nSPS) is 11.5. The Hall–Kier alpha value is -2.66. The molecule has 0 spiro atoms. The number of amides is 1. The summed E-state index contributed by atoms with van der Waals surface area (Å²) in [5.41, 5.74) is -1.86. The number of pyridine rings is 1. The predicted octanol–water partition coefficient (Wildman–Crippen LogP) is 3.12. The second-order valence-electron chi connectivity index (χ2n) is 6.99. The first-order chi connectivity index (χ1) is 10.8. The molecule has 0 atom stereocenters. The largest absolute Gasteiger partial charge is 0.478 e. The fourth-order valence-electron chi connectivity index (χ4n) is 1.56. The molecule has 0 radical (unpaired) electrons. The molecular weight excluding hydrogens is 314 g/mol. The minimum absolute atomic E-state index is 0.120. The zero-order valence-electron chi connectivity index (χ0n) is 14.6. The van der Waals surface area contributed by atoms with Crippen LogP contribution in [0.1, 0.15) is 57.5 Å². The third-order valence-electron chi connectivity index (χ3n) is 2.35. The van der Waals surface area contributed by atoms with Gasteiger partial charge in [0, 0.05) is 6.20 Å². The molecule has 1 aromatic heterocycles. The van der Waals surface area contributed by atoms with Crippen LogP contribution in [0.4, 0.5) is 10.6 Å². The molecule has 0 aliphatic carbocycles. The van der Waals surface area contributed by atoms with Crippen LogP contribution in [0.5, 0.6) is 0 Å². The number of carbonyl (C=O) groups is 2. The van der Waals surface area contributed by atoms with E-state index in [2.05, 4.69) is 4.98 Å². The number of carboxylic acids is 1. The molecule has 1 aromatic rings. The van der Waals surface area contributed by atoms with E-state index in [1.54, 1.807) is 41.5 Å². The topological polar surface area (TPSA) is 113 Å². The Morgan fingerprint density at radius 2 is 1.79 bits per heavy atom. The molecule has 24 heavy (non-hydrogen) atoms. The van der Waals surface area contributed by atoms with Crippen LogP contribution in [-0.2, 0) is 9.57 Å². The minimum atomic E-state index is -1.23. The van der Waals surface area contributed by atoms with Crippen LogP contribution >= 0.6 is 0 Å². The molecule has 0 saturated carbocycles. The third-order valence-corrected chi connectivity index (χ3v) is 2.35. The number of nitriles is 1. The van der Waals surface area contributed by atoms with Crippen LogP contribution in [0.2, 0.25) is 0 Å². The van der Waals surface area contributed by atoms with Crippen LogP contribution in [-0.4, -0.2) is 33.4 Å². The van der Waals surface area contributed by atoms with E-state index in [9.17, 15) is 14.9 Å². The van der Waals surface area contributed by atoms with Crippen molar-refractivity contribution in [3.63, 3.8) is 0 Å². The Bertz CT molecular complexity index is 680. The number of aromatic nitrogens is 1. The molecular formula is C16H21N3O5. The summed E-state index contributed by atoms with van der Waals surface area (Å²) < 4.78 is 5.27. The number of hydrogen-bond acceptors (Lipinski definition) is 6. The van der Waals surface area contributed by atoms with Crippen LogP contribution in [0.25, 0.3) is 0 Å². The first-order valence-electron chi connectivity index (χ1n) is 7.20. The minimum Gasteiger partial charge on any atom is -0.478 e. The molecule has 0 unspecified atom stereocenters. The number of aromatic carboxylic acids is 1. The van der Waals surface area contributed by atoms with E-state index < -0.39 is 23.3 Å². The van der Waals surface area contributed by atoms with Crippen molar-refractivity contribution in [1.29, 1.82) is 5.26 Å². The number of ether oxygens (including phenoxy) is 1. The summed E-state index contributed by atoms with van der Waals surface area (Å²) in [6.45, 7) is 10.2. The highest BCUT2D eigenvalue weighted by Crippen LogP contribution is 2.24. The Morgan fingerprint density at radius 1 is 1.21 bits per heavy atom. The molecule has 8 nitrogen and oxygen atoms in total. The SMILES string of the molecule is CC(C)(C)OC(=O)N(OC(C)(C)C)c1ncc(C(=O)O)cc1C#N. The van der Waals surface area contributed by atoms with Crippen molar-refractivity contribution in [2.24, 2.45) is 0 Å². The van der Waals surface area contributed by atoms with Gasteiger partial charge in [-0.1, -0.05) is 0 Å². The summed E-state index contributed by atoms with van der Waals surface area (Å²) in [4.78, 5) is 32.9. The Kier molecular flexibility index (Phi) is 5.53. The maximum Gasteiger partial charge on any atom is 0.440 e. The van der Waals surface area contributed by atoms with Crippen molar-refractivity contribution in [3.8, 4) is 6.07 Å². The molecule has 0 aromatic carbocycles. The molecule has 1 amide bonds. The summed E-state index contributed by atoms with van der Waals surface area (Å²) in [7, 11) is 0. The Balaban J connectivity index is 3.37. The van der Waals surface area contributed by atoms with E-state index in [0.29, 0.717) is 0 Å². The number of rotatable bonds is 3. The highest BCUT2D eigenvalue weighted by molar-refractivity contribution is 5.90. The average Bonchev–Trinajstić information content (AvgIpc) is 2.41. The van der Waals surface area contributed by atoms with E-state index >= 15 is 0 Å². The van der Waals surface area contributed by atoms with Gasteiger partial charge in [0.15, 0.2) is 5.82 Å². The second kappa shape index (κ2) is 6.84. The predicted molar refractivity (Wildman–Crippen MR) is 85.5 cm³/mol. The zero-order chi connectivity index (χ0) is 18.7. The van der Waals surface area contributed by atoms with E-state index in [4.69, 9.17) is 14.7 Å². The van der Waals surface area contributed by atoms with Gasteiger partial charge in [0.25, 0.3) is 0 Å². The summed E-state index contributed by atoms with van der Waals surface area (Å²) in [6, 6.07) is 2.94. The number of nitrogens with zero attached hydrogens (tertiary/aromatic N) is 3. The molecule has 0 bridgehead atoms. The molecule has 1 N–H and O–H groups in total. The molecule has 0 aliphatic rings. The van der Waals surface area contributed by atoms with E-state index in [0.717, 1.165) is 17.3 Å². The maximum absolute atomic E-state index is 12.4. The lowest BCUT2D eigenvalue weighted by molar-refractivity contribution is -0.0364. The van der Waals surface area contributed by atoms with Gasteiger partial charge in [0.2, 0.25) is 0 Å². The van der Waals surface area contributed by atoms with Gasteiger partial charge in [0.1, 0.15) is 11.7 Å². The lowest BCUT2D eigenvalue weighted by atomic mass is 10.2. The quantitative estimate of drug-likeness (QED) is 0.844. The van der Waals surface area contributed by atoms with Crippen LogP contribution in [0.15, 0.2) is 12.3 Å². The fourth-order valence-corrected chi connectivity index (χ4v) is 1.56. The maximum atomic E-state index is 12.4. The lowest BCUT2D eigenvalue weighted by Gasteiger charge is -2.31. The number of hydroxylamine groups is 1. The Labute approximate surface area is 140 Å². The van der Waals surface area contributed by atoms with Gasteiger partial charge in [-0.2, -0.15) is 5.26 Å². The van der Waals surface area contributed by atoms with Gasteiger partial charge in [-0.15, -0.1) is 5.06 Å². The highest BCUT2D eigenvalue weighted by atomic mass is 16.7. The Morgan fingerprint density at radius 3 is 2.21 bits per heavy atom. The summed E-state index contributed by atoms with van der Waals surface area (Å²) in [6.07, 6.45) is 0.187. The summed E-state index contributed by atoms with van der Waals surface area (Å²) >= 11 is 0. The average molecular weight is 335 g/mol. The fraction of sp³-hybridized carbons (Fsp3) is 0.500. The van der Waals surface area contributed by atoms with Gasteiger partial charge in [0.05, 0.1) is 16.7 Å². The van der Waals surface area contributed by atoms with Crippen molar-refractivity contribution in [1.82, 2.24) is 4.98 Å². The number of carbonyl (C=O) groups excluding carboxylic acids is 1. The number of anilines is 1. The van der Waals surface area contributed by atoms with Gasteiger partial charge in [-0.25, -0.2) is 14.6 Å². The van der Waals surface area contributed by atoms with Gasteiger partial charge >= 0.3 is 12.1 Å². The zero-order valence-corrected chi connectivity index (χ0v) is 14.6. The number of carboxylic acid groups (broad SMARTS) is 1. The molecule has 8 heteroatoms. The van der Waals surface area contributed by atoms with E-state index in [1.807, 2.05) is 6.07 Å². The van der Waals surface area contributed by atoms with Gasteiger partial charge in [-0.05, 0) is 47.6 Å². The van der Waals surface area contributed by atoms with Gasteiger partial charge < -0.3 is 9.84 Å². The number of hydrogen-bond donors (Lipinski definition) is 1. The van der Waals surface area contributed by atoms with Crippen LogP contribution < -0.4 is 5.06 Å². The standard InChI is InChI=1S/C16H21N3O5/c1-15(2,3)23-14(22)19(24-16(4,5)6)12-10(8-17)7-11(9-18-12)13(20)21/h7,9H,1-6H3,(H,20,21). The van der Waals surface area contributed by atoms with E-state index in [-0.39, 0.29) is 16.9 Å². The summed E-state index contributed by atoms with van der Waals surface area (Å²) in [5.74, 6) is -1.36. The smallest absolute Gasteiger partial charge is 0.440 e. The first kappa shape index (κ1) is 19.4. The lowest BCUT2D eigenvalue weighted by Crippen LogP contribution is -2.42. The third kappa shape index (κ3) is 5.52. The van der Waals surface area contributed by atoms with Crippen molar-refractivity contribution >= 4 is 17.9 Å². The van der Waals surface area contributed by atoms with Crippen molar-refractivity contribution in [2.45, 2.75) is 52.7 Å². The molecule has 0 fully saturated rings. The molecule has 1 heterocycles. The monoisotopic (exact) mass is 335 g/mol. The highest BCUT2D eigenvalue weighted by Gasteiger charge is 2.31. The first-order valence-corrected chi connectivity index (χ1v) is 7.20.